The van der Waals surface area contributed by atoms with Crippen molar-refractivity contribution in [2.24, 2.45) is 0 Å². The number of hydrogen-bond acceptors (Lipinski definition) is 7. The number of nitrogens with one attached hydrogen (secondary N) is 1. The minimum atomic E-state index is -0.612. The van der Waals surface area contributed by atoms with E-state index in [2.05, 4.69) is 10.3 Å². The van der Waals surface area contributed by atoms with Gasteiger partial charge in [0.25, 0.3) is 5.91 Å². The van der Waals surface area contributed by atoms with Crippen molar-refractivity contribution in [3.05, 3.63) is 59.5 Å². The fourth-order valence-electron chi connectivity index (χ4n) is 3.39. The fourth-order valence-corrected chi connectivity index (χ4v) is 4.11. The molecular formula is C23H22N2O5S. The van der Waals surface area contributed by atoms with Gasteiger partial charge >= 0.3 is 5.97 Å². The molecule has 0 atom stereocenters. The van der Waals surface area contributed by atoms with E-state index < -0.39 is 11.3 Å². The van der Waals surface area contributed by atoms with Crippen LogP contribution >= 0.6 is 11.3 Å². The summed E-state index contributed by atoms with van der Waals surface area (Å²) in [5.74, 6) is 0.521. The molecule has 0 spiro atoms. The lowest BCUT2D eigenvalue weighted by Crippen LogP contribution is -2.28. The molecular weight excluding hydrogens is 416 g/mol. The van der Waals surface area contributed by atoms with Gasteiger partial charge in [-0.3, -0.25) is 14.9 Å². The summed E-state index contributed by atoms with van der Waals surface area (Å²) in [7, 11) is 3.17. The van der Waals surface area contributed by atoms with Crippen molar-refractivity contribution in [2.75, 3.05) is 26.1 Å². The lowest BCUT2D eigenvalue weighted by atomic mass is 9.96. The Labute approximate surface area is 184 Å². The third-order valence-corrected chi connectivity index (χ3v) is 5.99. The van der Waals surface area contributed by atoms with E-state index in [9.17, 15) is 9.59 Å². The molecule has 1 saturated carbocycles. The molecule has 0 bridgehead atoms. The van der Waals surface area contributed by atoms with Gasteiger partial charge in [0, 0.05) is 10.9 Å². The zero-order chi connectivity index (χ0) is 21.8. The molecule has 1 amide bonds. The van der Waals surface area contributed by atoms with Gasteiger partial charge in [0.2, 0.25) is 0 Å². The van der Waals surface area contributed by atoms with Gasteiger partial charge in [-0.1, -0.05) is 30.3 Å². The second-order valence-corrected chi connectivity index (χ2v) is 8.03. The zero-order valence-corrected chi connectivity index (χ0v) is 18.0. The van der Waals surface area contributed by atoms with E-state index in [1.54, 1.807) is 26.4 Å². The number of esters is 1. The number of benzene rings is 2. The van der Waals surface area contributed by atoms with Crippen molar-refractivity contribution in [3.8, 4) is 22.8 Å². The summed E-state index contributed by atoms with van der Waals surface area (Å²) in [4.78, 5) is 29.3. The number of thiazole rings is 1. The molecule has 0 aliphatic heterocycles. The maximum Gasteiger partial charge on any atom is 0.317 e. The number of nitrogens with zero attached hydrogens (tertiary/aromatic N) is 1. The SMILES string of the molecule is COc1ccc(OC)c(-c2csc(NC(=O)COC(=O)C3(c4ccccc4)CC3)n2)c1. The maximum atomic E-state index is 12.6. The molecule has 1 N–H and O–H groups in total. The Morgan fingerprint density at radius 3 is 2.55 bits per heavy atom. The molecule has 3 aromatic rings. The lowest BCUT2D eigenvalue weighted by Gasteiger charge is -2.14. The highest BCUT2D eigenvalue weighted by Crippen LogP contribution is 2.49. The van der Waals surface area contributed by atoms with Gasteiger partial charge < -0.3 is 14.2 Å². The average molecular weight is 439 g/mol. The highest BCUT2D eigenvalue weighted by Gasteiger charge is 2.52. The van der Waals surface area contributed by atoms with E-state index in [1.807, 2.05) is 41.8 Å². The third kappa shape index (κ3) is 4.39. The van der Waals surface area contributed by atoms with Gasteiger partial charge in [-0.05, 0) is 36.6 Å². The fraction of sp³-hybridized carbons (Fsp3) is 0.261. The molecule has 160 valence electrons. The molecule has 0 radical (unpaired) electrons. The van der Waals surface area contributed by atoms with Crippen molar-refractivity contribution in [3.63, 3.8) is 0 Å². The van der Waals surface area contributed by atoms with Crippen LogP contribution in [0.1, 0.15) is 18.4 Å². The predicted molar refractivity (Wildman–Crippen MR) is 118 cm³/mol. The number of rotatable bonds is 8. The molecule has 1 aliphatic carbocycles. The summed E-state index contributed by atoms with van der Waals surface area (Å²) in [5, 5.41) is 4.90. The summed E-state index contributed by atoms with van der Waals surface area (Å²) in [6, 6.07) is 14.9. The Morgan fingerprint density at radius 2 is 1.87 bits per heavy atom. The predicted octanol–water partition coefficient (Wildman–Crippen LogP) is 4.04. The van der Waals surface area contributed by atoms with Crippen molar-refractivity contribution < 1.29 is 23.8 Å². The smallest absolute Gasteiger partial charge is 0.317 e. The molecule has 1 heterocycles. The van der Waals surface area contributed by atoms with E-state index in [0.29, 0.717) is 22.3 Å². The Hall–Kier alpha value is -3.39. The molecule has 8 heteroatoms. The molecule has 1 aromatic heterocycles. The second-order valence-electron chi connectivity index (χ2n) is 7.18. The van der Waals surface area contributed by atoms with E-state index in [4.69, 9.17) is 14.2 Å². The zero-order valence-electron chi connectivity index (χ0n) is 17.2. The Bertz CT molecular complexity index is 1090. The highest BCUT2D eigenvalue weighted by molar-refractivity contribution is 7.14. The number of aromatic nitrogens is 1. The van der Waals surface area contributed by atoms with Gasteiger partial charge in [-0.15, -0.1) is 11.3 Å². The number of ether oxygens (including phenoxy) is 3. The summed E-state index contributed by atoms with van der Waals surface area (Å²) in [6.45, 7) is -0.356. The quantitative estimate of drug-likeness (QED) is 0.534. The van der Waals surface area contributed by atoms with Crippen LogP contribution in [0.3, 0.4) is 0 Å². The van der Waals surface area contributed by atoms with Crippen molar-refractivity contribution in [1.82, 2.24) is 4.98 Å². The third-order valence-electron chi connectivity index (χ3n) is 5.23. The van der Waals surface area contributed by atoms with E-state index in [0.717, 1.165) is 24.0 Å². The van der Waals surface area contributed by atoms with Crippen LogP contribution in [-0.2, 0) is 19.7 Å². The van der Waals surface area contributed by atoms with Gasteiger partial charge in [0.1, 0.15) is 11.5 Å². The number of anilines is 1. The van der Waals surface area contributed by atoms with Gasteiger partial charge in [0.15, 0.2) is 11.7 Å². The molecule has 4 rings (SSSR count). The van der Waals surface area contributed by atoms with Crippen LogP contribution in [0.25, 0.3) is 11.3 Å². The first-order valence-electron chi connectivity index (χ1n) is 9.76. The van der Waals surface area contributed by atoms with E-state index >= 15 is 0 Å². The van der Waals surface area contributed by atoms with Gasteiger partial charge in [-0.25, -0.2) is 4.98 Å². The summed E-state index contributed by atoms with van der Waals surface area (Å²) >= 11 is 1.27. The van der Waals surface area contributed by atoms with Crippen LogP contribution in [0.4, 0.5) is 5.13 Å². The van der Waals surface area contributed by atoms with E-state index in [1.165, 1.54) is 11.3 Å². The largest absolute Gasteiger partial charge is 0.497 e. The minimum absolute atomic E-state index is 0.356. The number of hydrogen-bond donors (Lipinski definition) is 1. The summed E-state index contributed by atoms with van der Waals surface area (Å²) in [6.07, 6.45) is 1.46. The summed E-state index contributed by atoms with van der Waals surface area (Å²) < 4.78 is 16.0. The topological polar surface area (TPSA) is 86.8 Å². The first kappa shape index (κ1) is 20.9. The Balaban J connectivity index is 1.37. The standard InChI is InChI=1S/C23H22N2O5S/c1-28-16-8-9-19(29-2)17(12-16)18-14-31-22(24-18)25-20(26)13-30-21(27)23(10-11-23)15-6-4-3-5-7-15/h3-9,12,14H,10-11,13H2,1-2H3,(H,24,25,26). The number of carbonyl (C=O) groups is 2. The normalized spacial score (nSPS) is 13.9. The lowest BCUT2D eigenvalue weighted by molar-refractivity contribution is -0.150. The number of methoxy groups -OCH3 is 2. The van der Waals surface area contributed by atoms with Crippen LogP contribution < -0.4 is 14.8 Å². The number of carbonyl (C=O) groups excluding carboxylic acids is 2. The minimum Gasteiger partial charge on any atom is -0.497 e. The van der Waals surface area contributed by atoms with Crippen molar-refractivity contribution >= 4 is 28.3 Å². The molecule has 7 nitrogen and oxygen atoms in total. The molecule has 0 saturated heterocycles. The summed E-state index contributed by atoms with van der Waals surface area (Å²) in [5.41, 5.74) is 1.72. The monoisotopic (exact) mass is 438 g/mol. The first-order chi connectivity index (χ1) is 15.1. The van der Waals surface area contributed by atoms with Gasteiger partial charge in [0.05, 0.1) is 25.3 Å². The average Bonchev–Trinajstić information content (AvgIpc) is 3.50. The van der Waals surface area contributed by atoms with Crippen LogP contribution in [-0.4, -0.2) is 37.7 Å². The molecule has 1 fully saturated rings. The number of amides is 1. The van der Waals surface area contributed by atoms with Crippen LogP contribution in [0.5, 0.6) is 11.5 Å². The van der Waals surface area contributed by atoms with Crippen LogP contribution in [0.15, 0.2) is 53.9 Å². The first-order valence-corrected chi connectivity index (χ1v) is 10.6. The molecule has 0 unspecified atom stereocenters. The second kappa shape index (κ2) is 8.77. The maximum absolute atomic E-state index is 12.6. The van der Waals surface area contributed by atoms with Gasteiger partial charge in [-0.2, -0.15) is 0 Å². The van der Waals surface area contributed by atoms with Crippen molar-refractivity contribution in [2.45, 2.75) is 18.3 Å². The van der Waals surface area contributed by atoms with Crippen LogP contribution in [0.2, 0.25) is 0 Å². The van der Waals surface area contributed by atoms with E-state index in [-0.39, 0.29) is 12.6 Å². The Kier molecular flexibility index (Phi) is 5.90. The van der Waals surface area contributed by atoms with Crippen molar-refractivity contribution in [1.29, 1.82) is 0 Å². The molecule has 1 aliphatic rings. The highest BCUT2D eigenvalue weighted by atomic mass is 32.1. The Morgan fingerprint density at radius 1 is 1.10 bits per heavy atom. The molecule has 2 aromatic carbocycles. The van der Waals surface area contributed by atoms with Crippen LogP contribution in [0, 0.1) is 0 Å². The molecule has 31 heavy (non-hydrogen) atoms.